The highest BCUT2D eigenvalue weighted by molar-refractivity contribution is 7.95. The molecule has 0 atom stereocenters. The molecule has 1 aliphatic heterocycles. The lowest BCUT2D eigenvalue weighted by Crippen LogP contribution is -2.24. The topological polar surface area (TPSA) is 111 Å². The fraction of sp³-hybridized carbons (Fsp3) is 0.333. The molecule has 142 valence electrons. The Kier molecular flexibility index (Phi) is 4.67. The van der Waals surface area contributed by atoms with Crippen LogP contribution < -0.4 is 5.56 Å². The molecule has 0 fully saturated rings. The first-order valence-electron chi connectivity index (χ1n) is 8.30. The summed E-state index contributed by atoms with van der Waals surface area (Å²) >= 11 is 0. The van der Waals surface area contributed by atoms with E-state index in [1.165, 1.54) is 17.7 Å². The minimum atomic E-state index is -3.98. The van der Waals surface area contributed by atoms with Crippen LogP contribution >= 0.6 is 0 Å². The van der Waals surface area contributed by atoms with Gasteiger partial charge in [-0.2, -0.15) is 0 Å². The van der Waals surface area contributed by atoms with E-state index in [0.717, 1.165) is 0 Å². The summed E-state index contributed by atoms with van der Waals surface area (Å²) in [5, 5.41) is 6.82. The van der Waals surface area contributed by atoms with Crippen LogP contribution in [0.3, 0.4) is 0 Å². The van der Waals surface area contributed by atoms with E-state index in [1.807, 2.05) is 6.92 Å². The average molecular weight is 389 g/mol. The van der Waals surface area contributed by atoms with Gasteiger partial charge in [0.2, 0.25) is 9.84 Å². The van der Waals surface area contributed by atoms with E-state index >= 15 is 0 Å². The lowest BCUT2D eigenvalue weighted by molar-refractivity contribution is 0.213. The molecule has 3 rings (SSSR count). The van der Waals surface area contributed by atoms with Crippen molar-refractivity contribution in [3.63, 3.8) is 0 Å². The Balaban J connectivity index is 2.43. The van der Waals surface area contributed by atoms with E-state index in [0.29, 0.717) is 40.1 Å². The Hall–Kier alpha value is -2.90. The smallest absolute Gasteiger partial charge is 0.274 e. The quantitative estimate of drug-likeness (QED) is 0.635. The third-order valence-electron chi connectivity index (χ3n) is 4.70. The lowest BCUT2D eigenvalue weighted by Gasteiger charge is -2.24. The predicted molar refractivity (Wildman–Crippen MR) is 100 cm³/mol. The highest BCUT2D eigenvalue weighted by atomic mass is 32.2. The van der Waals surface area contributed by atoms with Crippen molar-refractivity contribution in [3.8, 4) is 11.1 Å². The van der Waals surface area contributed by atoms with Crippen molar-refractivity contribution in [1.82, 2.24) is 9.78 Å². The van der Waals surface area contributed by atoms with Gasteiger partial charge >= 0.3 is 0 Å². The predicted octanol–water partition coefficient (Wildman–Crippen LogP) is 1.72. The summed E-state index contributed by atoms with van der Waals surface area (Å²) in [6, 6.07) is 1.65. The van der Waals surface area contributed by atoms with Gasteiger partial charge in [-0.05, 0) is 43.5 Å². The van der Waals surface area contributed by atoms with Crippen LogP contribution in [0.5, 0.6) is 0 Å². The van der Waals surface area contributed by atoms with E-state index in [1.54, 1.807) is 26.1 Å². The van der Waals surface area contributed by atoms with Gasteiger partial charge in [0.05, 0.1) is 16.2 Å². The SMILES string of the molecule is CCn1[nH]cc(-c2cc(C)c3c(c2C)C(=NOC)CC(=C=O)S3(=O)=O)c1=O. The molecule has 1 aliphatic rings. The van der Waals surface area contributed by atoms with E-state index in [9.17, 15) is 18.0 Å². The average Bonchev–Trinajstić information content (AvgIpc) is 2.99. The second-order valence-corrected chi connectivity index (χ2v) is 8.14. The number of allylic oxidation sites excluding steroid dienone is 1. The number of sulfone groups is 1. The molecule has 0 spiro atoms. The number of nitrogens with one attached hydrogen (secondary N) is 1. The number of nitrogens with zero attached hydrogens (tertiary/aromatic N) is 2. The monoisotopic (exact) mass is 389 g/mol. The Morgan fingerprint density at radius 2 is 2.04 bits per heavy atom. The molecule has 0 aliphatic carbocycles. The summed E-state index contributed by atoms with van der Waals surface area (Å²) in [5.74, 6) is 1.52. The fourth-order valence-corrected chi connectivity index (χ4v) is 5.15. The van der Waals surface area contributed by atoms with Crippen LogP contribution in [0.2, 0.25) is 0 Å². The van der Waals surface area contributed by atoms with Gasteiger partial charge in [0.15, 0.2) is 0 Å². The first kappa shape index (κ1) is 18.9. The zero-order valence-corrected chi connectivity index (χ0v) is 16.2. The van der Waals surface area contributed by atoms with Crippen molar-refractivity contribution < 1.29 is 18.0 Å². The second kappa shape index (κ2) is 6.68. The van der Waals surface area contributed by atoms with Gasteiger partial charge in [-0.3, -0.25) is 9.48 Å². The number of aromatic nitrogens is 2. The Bertz CT molecular complexity index is 1180. The number of carbonyl (C=O) groups excluding carboxylic acids is 1. The van der Waals surface area contributed by atoms with Crippen LogP contribution in [0, 0.1) is 13.8 Å². The molecule has 27 heavy (non-hydrogen) atoms. The molecule has 2 heterocycles. The molecular weight excluding hydrogens is 370 g/mol. The van der Waals surface area contributed by atoms with Crippen LogP contribution in [0.4, 0.5) is 0 Å². The first-order valence-corrected chi connectivity index (χ1v) is 9.78. The van der Waals surface area contributed by atoms with E-state index in [4.69, 9.17) is 4.84 Å². The molecule has 1 N–H and O–H groups in total. The number of rotatable bonds is 3. The van der Waals surface area contributed by atoms with Crippen molar-refractivity contribution in [1.29, 1.82) is 0 Å². The molecule has 1 aromatic heterocycles. The number of H-pyrrole nitrogens is 1. The maximum Gasteiger partial charge on any atom is 0.274 e. The number of benzene rings is 1. The molecule has 9 heteroatoms. The maximum absolute atomic E-state index is 12.9. The van der Waals surface area contributed by atoms with E-state index in [2.05, 4.69) is 10.3 Å². The van der Waals surface area contributed by atoms with Crippen LogP contribution in [-0.4, -0.2) is 37.0 Å². The third-order valence-corrected chi connectivity index (χ3v) is 6.64. The normalized spacial score (nSPS) is 16.9. The van der Waals surface area contributed by atoms with Crippen LogP contribution in [0.1, 0.15) is 30.0 Å². The molecule has 0 unspecified atom stereocenters. The highest BCUT2D eigenvalue weighted by Gasteiger charge is 2.37. The highest BCUT2D eigenvalue weighted by Crippen LogP contribution is 2.39. The molecule has 2 aromatic rings. The summed E-state index contributed by atoms with van der Waals surface area (Å²) in [6.07, 6.45) is 1.39. The number of aryl methyl sites for hydroxylation is 2. The zero-order chi connectivity index (χ0) is 19.9. The Morgan fingerprint density at radius 1 is 1.33 bits per heavy atom. The van der Waals surface area contributed by atoms with Gasteiger partial charge in [0, 0.05) is 24.7 Å². The van der Waals surface area contributed by atoms with E-state index in [-0.39, 0.29) is 21.8 Å². The summed E-state index contributed by atoms with van der Waals surface area (Å²) in [7, 11) is -2.63. The maximum atomic E-state index is 12.9. The fourth-order valence-electron chi connectivity index (χ4n) is 3.44. The minimum absolute atomic E-state index is 0.00972. The van der Waals surface area contributed by atoms with Gasteiger partial charge in [0.1, 0.15) is 18.0 Å². The number of hydrogen-bond donors (Lipinski definition) is 1. The second-order valence-electron chi connectivity index (χ2n) is 6.23. The molecule has 0 saturated carbocycles. The Morgan fingerprint density at radius 3 is 2.59 bits per heavy atom. The molecule has 0 radical (unpaired) electrons. The Labute approximate surface area is 156 Å². The van der Waals surface area contributed by atoms with Gasteiger partial charge in [-0.25, -0.2) is 13.2 Å². The number of hydrogen-bond acceptors (Lipinski definition) is 6. The number of oxime groups is 1. The number of aromatic amines is 1. The van der Waals surface area contributed by atoms with Crippen LogP contribution in [-0.2, 0) is 26.0 Å². The lowest BCUT2D eigenvalue weighted by atomic mass is 9.91. The summed E-state index contributed by atoms with van der Waals surface area (Å²) < 4.78 is 27.2. The molecule has 0 saturated heterocycles. The van der Waals surface area contributed by atoms with Crippen LogP contribution in [0.15, 0.2) is 32.0 Å². The molecule has 0 amide bonds. The molecule has 0 bridgehead atoms. The van der Waals surface area contributed by atoms with Gasteiger partial charge in [-0.15, -0.1) is 0 Å². The largest absolute Gasteiger partial charge is 0.399 e. The van der Waals surface area contributed by atoms with Gasteiger partial charge < -0.3 is 9.94 Å². The summed E-state index contributed by atoms with van der Waals surface area (Å²) in [6.45, 7) is 5.69. The minimum Gasteiger partial charge on any atom is -0.399 e. The summed E-state index contributed by atoms with van der Waals surface area (Å²) in [4.78, 5) is 28.3. The van der Waals surface area contributed by atoms with Crippen molar-refractivity contribution in [2.45, 2.75) is 38.6 Å². The molecular formula is C18H19N3O5S. The van der Waals surface area contributed by atoms with Crippen molar-refractivity contribution in [3.05, 3.63) is 44.2 Å². The van der Waals surface area contributed by atoms with E-state index < -0.39 is 9.84 Å². The molecule has 8 nitrogen and oxygen atoms in total. The zero-order valence-electron chi connectivity index (χ0n) is 15.4. The third kappa shape index (κ3) is 2.75. The van der Waals surface area contributed by atoms with Crippen LogP contribution in [0.25, 0.3) is 11.1 Å². The van der Waals surface area contributed by atoms with Crippen molar-refractivity contribution in [2.75, 3.05) is 7.11 Å². The molecule has 1 aromatic carbocycles. The van der Waals surface area contributed by atoms with Gasteiger partial charge in [-0.1, -0.05) is 5.16 Å². The standard InChI is InChI=1S/C18H19N3O5S/c1-5-21-18(23)14(8-19-21)13-6-10(2)17-16(11(13)3)15(20-26-4)7-12(9-22)27(17,24)25/h6,8,19H,5,7H2,1-4H3. The summed E-state index contributed by atoms with van der Waals surface area (Å²) in [5.41, 5.74) is 2.54. The number of fused-ring (bicyclic) bond motifs is 1. The van der Waals surface area contributed by atoms with Crippen molar-refractivity contribution in [2.24, 2.45) is 5.16 Å². The van der Waals surface area contributed by atoms with Crippen molar-refractivity contribution >= 4 is 21.5 Å². The first-order chi connectivity index (χ1) is 12.8. The van der Waals surface area contributed by atoms with Gasteiger partial charge in [0.25, 0.3) is 5.56 Å².